The van der Waals surface area contributed by atoms with Crippen LogP contribution in [0.25, 0.3) is 0 Å². The molecule has 0 radical (unpaired) electrons. The summed E-state index contributed by atoms with van der Waals surface area (Å²) in [6.07, 6.45) is 4.13. The van der Waals surface area contributed by atoms with Crippen LogP contribution in [0.4, 0.5) is 0 Å². The van der Waals surface area contributed by atoms with Crippen LogP contribution in [-0.2, 0) is 0 Å². The van der Waals surface area contributed by atoms with Gasteiger partial charge in [-0.1, -0.05) is 43.8 Å². The number of aromatic nitrogens is 1. The third-order valence-electron chi connectivity index (χ3n) is 2.95. The Labute approximate surface area is 123 Å². The topological polar surface area (TPSA) is 24.9 Å². The smallest absolute Gasteiger partial charge is 0.154 e. The molecule has 0 bridgehead atoms. The van der Waals surface area contributed by atoms with E-state index in [1.807, 2.05) is 11.6 Å². The Balaban J connectivity index is 2.19. The molecule has 1 aromatic carbocycles. The van der Waals surface area contributed by atoms with Gasteiger partial charge in [-0.15, -0.1) is 11.3 Å². The van der Waals surface area contributed by atoms with Gasteiger partial charge in [0.15, 0.2) is 4.34 Å². The second-order valence-corrected chi connectivity index (χ2v) is 6.54. The fraction of sp³-hybridized carbons (Fsp3) is 0.400. The predicted molar refractivity (Wildman–Crippen MR) is 84.0 cm³/mol. The second kappa shape index (κ2) is 7.68. The average molecular weight is 292 g/mol. The molecule has 0 amide bonds. The van der Waals surface area contributed by atoms with Crippen LogP contribution < -0.4 is 5.32 Å². The summed E-state index contributed by atoms with van der Waals surface area (Å²) >= 11 is 3.46. The lowest BCUT2D eigenvalue weighted by atomic mass is 10.0. The normalized spacial score (nSPS) is 12.5. The minimum atomic E-state index is 0.434. The van der Waals surface area contributed by atoms with Crippen LogP contribution in [0.15, 0.2) is 45.1 Å². The summed E-state index contributed by atoms with van der Waals surface area (Å²) in [5, 5.41) is 5.65. The summed E-state index contributed by atoms with van der Waals surface area (Å²) in [5.74, 6) is 0. The summed E-state index contributed by atoms with van der Waals surface area (Å²) in [7, 11) is 0. The highest BCUT2D eigenvalue weighted by Gasteiger charge is 2.13. The quantitative estimate of drug-likeness (QED) is 0.797. The molecule has 1 unspecified atom stereocenters. The molecular weight excluding hydrogens is 272 g/mol. The third kappa shape index (κ3) is 4.06. The van der Waals surface area contributed by atoms with Gasteiger partial charge in [0.05, 0.1) is 0 Å². The van der Waals surface area contributed by atoms with Crippen LogP contribution in [-0.4, -0.2) is 11.5 Å². The molecule has 19 heavy (non-hydrogen) atoms. The van der Waals surface area contributed by atoms with Crippen molar-refractivity contribution in [3.8, 4) is 0 Å². The number of nitrogens with one attached hydrogen (secondary N) is 1. The molecule has 1 heterocycles. The molecule has 0 spiro atoms. The van der Waals surface area contributed by atoms with E-state index in [-0.39, 0.29) is 0 Å². The number of thiazole rings is 1. The predicted octanol–water partition coefficient (Wildman–Crippen LogP) is 4.75. The molecule has 0 saturated heterocycles. The lowest BCUT2D eigenvalue weighted by Crippen LogP contribution is -2.21. The summed E-state index contributed by atoms with van der Waals surface area (Å²) in [5.41, 5.74) is 1.39. The van der Waals surface area contributed by atoms with Crippen molar-refractivity contribution < 1.29 is 0 Å². The standard InChI is InChI=1S/C15H20N2S2/c1-3-9-16-13(4-2)12-7-5-6-8-14(12)19-15-17-10-11-18-15/h5-8,10-11,13,16H,3-4,9H2,1-2H3. The van der Waals surface area contributed by atoms with Crippen molar-refractivity contribution in [1.82, 2.24) is 10.3 Å². The van der Waals surface area contributed by atoms with E-state index >= 15 is 0 Å². The molecule has 2 aromatic rings. The average Bonchev–Trinajstić information content (AvgIpc) is 2.94. The van der Waals surface area contributed by atoms with Crippen LogP contribution in [0.2, 0.25) is 0 Å². The largest absolute Gasteiger partial charge is 0.310 e. The first-order chi connectivity index (χ1) is 9.35. The molecule has 1 aromatic heterocycles. The van der Waals surface area contributed by atoms with Crippen LogP contribution >= 0.6 is 23.1 Å². The highest BCUT2D eigenvalue weighted by Crippen LogP contribution is 2.35. The van der Waals surface area contributed by atoms with Crippen molar-refractivity contribution in [2.75, 3.05) is 6.54 Å². The first-order valence-corrected chi connectivity index (χ1v) is 8.44. The Morgan fingerprint density at radius 2 is 2.16 bits per heavy atom. The maximum Gasteiger partial charge on any atom is 0.154 e. The first kappa shape index (κ1) is 14.6. The number of benzene rings is 1. The number of hydrogen-bond acceptors (Lipinski definition) is 4. The number of nitrogens with zero attached hydrogens (tertiary/aromatic N) is 1. The molecule has 0 saturated carbocycles. The van der Waals surface area contributed by atoms with Gasteiger partial charge in [-0.25, -0.2) is 4.98 Å². The Morgan fingerprint density at radius 1 is 1.32 bits per heavy atom. The van der Waals surface area contributed by atoms with Gasteiger partial charge < -0.3 is 5.32 Å². The molecule has 0 aliphatic heterocycles. The fourth-order valence-electron chi connectivity index (χ4n) is 2.01. The van der Waals surface area contributed by atoms with Gasteiger partial charge in [0.2, 0.25) is 0 Å². The zero-order chi connectivity index (χ0) is 13.5. The lowest BCUT2D eigenvalue weighted by molar-refractivity contribution is 0.512. The molecule has 102 valence electrons. The zero-order valence-corrected chi connectivity index (χ0v) is 13.1. The Kier molecular flexibility index (Phi) is 5.89. The van der Waals surface area contributed by atoms with Crippen molar-refractivity contribution in [1.29, 1.82) is 0 Å². The van der Waals surface area contributed by atoms with E-state index in [1.54, 1.807) is 23.1 Å². The van der Waals surface area contributed by atoms with Crippen molar-refractivity contribution in [3.63, 3.8) is 0 Å². The van der Waals surface area contributed by atoms with E-state index in [9.17, 15) is 0 Å². The lowest BCUT2D eigenvalue weighted by Gasteiger charge is -2.19. The third-order valence-corrected chi connectivity index (χ3v) is 4.93. The number of rotatable bonds is 7. The summed E-state index contributed by atoms with van der Waals surface area (Å²) in [4.78, 5) is 5.67. The van der Waals surface area contributed by atoms with E-state index in [1.165, 1.54) is 10.5 Å². The van der Waals surface area contributed by atoms with Gasteiger partial charge in [-0.2, -0.15) is 0 Å². The highest BCUT2D eigenvalue weighted by atomic mass is 32.2. The molecule has 2 nitrogen and oxygen atoms in total. The van der Waals surface area contributed by atoms with E-state index in [2.05, 4.69) is 48.4 Å². The Hall–Kier alpha value is -0.840. The molecule has 0 aliphatic rings. The van der Waals surface area contributed by atoms with Gasteiger partial charge >= 0.3 is 0 Å². The molecule has 1 atom stereocenters. The van der Waals surface area contributed by atoms with Gasteiger partial charge in [0.25, 0.3) is 0 Å². The first-order valence-electron chi connectivity index (χ1n) is 6.74. The molecule has 1 N–H and O–H groups in total. The van der Waals surface area contributed by atoms with E-state index in [4.69, 9.17) is 0 Å². The van der Waals surface area contributed by atoms with Crippen LogP contribution in [0.5, 0.6) is 0 Å². The van der Waals surface area contributed by atoms with Crippen molar-refractivity contribution in [2.24, 2.45) is 0 Å². The van der Waals surface area contributed by atoms with Crippen molar-refractivity contribution in [2.45, 2.75) is 42.0 Å². The molecule has 0 aliphatic carbocycles. The van der Waals surface area contributed by atoms with Gasteiger partial charge in [0.1, 0.15) is 0 Å². The van der Waals surface area contributed by atoms with Crippen molar-refractivity contribution in [3.05, 3.63) is 41.4 Å². The Morgan fingerprint density at radius 3 is 2.84 bits per heavy atom. The molecule has 4 heteroatoms. The van der Waals surface area contributed by atoms with E-state index < -0.39 is 0 Å². The maximum absolute atomic E-state index is 4.36. The van der Waals surface area contributed by atoms with Gasteiger partial charge in [0, 0.05) is 22.5 Å². The minimum absolute atomic E-state index is 0.434. The van der Waals surface area contributed by atoms with Crippen LogP contribution in [0.1, 0.15) is 38.3 Å². The molecular formula is C15H20N2S2. The van der Waals surface area contributed by atoms with Crippen LogP contribution in [0.3, 0.4) is 0 Å². The second-order valence-electron chi connectivity index (χ2n) is 4.35. The van der Waals surface area contributed by atoms with Crippen LogP contribution in [0, 0.1) is 0 Å². The fourth-order valence-corrected chi connectivity index (χ4v) is 3.77. The summed E-state index contributed by atoms with van der Waals surface area (Å²) < 4.78 is 1.11. The Bertz CT molecular complexity index is 483. The molecule has 2 rings (SSSR count). The number of hydrogen-bond donors (Lipinski definition) is 1. The van der Waals surface area contributed by atoms with E-state index in [0.717, 1.165) is 23.7 Å². The minimum Gasteiger partial charge on any atom is -0.310 e. The van der Waals surface area contributed by atoms with Gasteiger partial charge in [-0.05, 0) is 31.0 Å². The van der Waals surface area contributed by atoms with Gasteiger partial charge in [-0.3, -0.25) is 0 Å². The SMILES string of the molecule is CCCNC(CC)c1ccccc1Sc1nccs1. The summed E-state index contributed by atoms with van der Waals surface area (Å²) in [6, 6.07) is 9.08. The highest BCUT2D eigenvalue weighted by molar-refractivity contribution is 8.01. The summed E-state index contributed by atoms with van der Waals surface area (Å²) in [6.45, 7) is 5.50. The van der Waals surface area contributed by atoms with Crippen molar-refractivity contribution >= 4 is 23.1 Å². The van der Waals surface area contributed by atoms with E-state index in [0.29, 0.717) is 6.04 Å². The zero-order valence-electron chi connectivity index (χ0n) is 11.4. The monoisotopic (exact) mass is 292 g/mol. The molecule has 0 fully saturated rings. The maximum atomic E-state index is 4.36.